The Labute approximate surface area is 334 Å². The third-order valence-electron chi connectivity index (χ3n) is 8.65. The molecule has 5 rings (SSSR count). The fourth-order valence-corrected chi connectivity index (χ4v) is 6.76. The number of hydrogen-bond acceptors (Lipinski definition) is 8. The first kappa shape index (κ1) is 43.9. The van der Waals surface area contributed by atoms with E-state index >= 15 is 0 Å². The third-order valence-corrected chi connectivity index (χ3v) is 8.94. The van der Waals surface area contributed by atoms with Crippen molar-refractivity contribution in [3.8, 4) is 34.0 Å². The predicted octanol–water partition coefficient (Wildman–Crippen LogP) is 11.7. The largest absolute Gasteiger partial charge is 0.493 e. The van der Waals surface area contributed by atoms with Crippen LogP contribution >= 0.6 is 11.6 Å². The van der Waals surface area contributed by atoms with Crippen molar-refractivity contribution in [2.75, 3.05) is 26.4 Å². The van der Waals surface area contributed by atoms with E-state index in [9.17, 15) is 18.4 Å². The molecule has 8 nitrogen and oxygen atoms in total. The molecule has 11 heteroatoms. The van der Waals surface area contributed by atoms with Gasteiger partial charge in [0.15, 0.2) is 0 Å². The number of ether oxygens (including phenoxy) is 4. The van der Waals surface area contributed by atoms with Crippen LogP contribution in [0.2, 0.25) is 5.15 Å². The minimum absolute atomic E-state index is 0.0138. The normalized spacial score (nSPS) is 14.2. The van der Waals surface area contributed by atoms with Crippen LogP contribution < -0.4 is 9.47 Å². The first-order chi connectivity index (χ1) is 26.3. The number of rotatable bonds is 13. The number of esters is 2. The molecule has 0 radical (unpaired) electrons. The Bertz CT molecular complexity index is 2060. The molecule has 2 aromatic heterocycles. The molecular weight excluding hydrogens is 738 g/mol. The summed E-state index contributed by atoms with van der Waals surface area (Å²) in [6.07, 6.45) is 3.14. The topological polar surface area (TPSA) is 96.8 Å². The zero-order chi connectivity index (χ0) is 41.4. The molecule has 0 unspecified atom stereocenters. The lowest BCUT2D eigenvalue weighted by atomic mass is 9.79. The summed E-state index contributed by atoms with van der Waals surface area (Å²) in [5.74, 6) is -0.216. The van der Waals surface area contributed by atoms with Crippen molar-refractivity contribution in [2.24, 2.45) is 22.7 Å². The Kier molecular flexibility index (Phi) is 14.8. The Morgan fingerprint density at radius 2 is 1.18 bits per heavy atom. The van der Waals surface area contributed by atoms with E-state index in [1.165, 1.54) is 30.3 Å². The van der Waals surface area contributed by atoms with Gasteiger partial charge in [0.1, 0.15) is 28.3 Å². The highest BCUT2D eigenvalue weighted by Gasteiger charge is 2.40. The third kappa shape index (κ3) is 11.8. The summed E-state index contributed by atoms with van der Waals surface area (Å²) in [4.78, 5) is 33.5. The van der Waals surface area contributed by atoms with Crippen LogP contribution in [0.3, 0.4) is 0 Å². The van der Waals surface area contributed by atoms with E-state index in [4.69, 9.17) is 35.5 Å². The molecule has 0 amide bonds. The van der Waals surface area contributed by atoms with Crippen LogP contribution in [0.15, 0.2) is 66.7 Å². The van der Waals surface area contributed by atoms with Crippen LogP contribution in [0.25, 0.3) is 28.1 Å². The Hall–Kier alpha value is -4.83. The lowest BCUT2D eigenvalue weighted by Crippen LogP contribution is -2.17. The molecule has 4 aromatic rings. The molecule has 1 aliphatic carbocycles. The minimum Gasteiger partial charge on any atom is -0.493 e. The number of nitrogens with zero attached hydrogens (tertiary/aromatic N) is 2. The zero-order valence-corrected chi connectivity index (χ0v) is 34.8. The molecule has 0 bridgehead atoms. The van der Waals surface area contributed by atoms with E-state index < -0.39 is 17.8 Å². The summed E-state index contributed by atoms with van der Waals surface area (Å²) in [6.45, 7) is 21.8. The second-order valence-electron chi connectivity index (χ2n) is 15.9. The summed E-state index contributed by atoms with van der Waals surface area (Å²) in [5, 5.41) is 0.0138. The maximum absolute atomic E-state index is 14.4. The molecule has 0 spiro atoms. The average molecular weight is 791 g/mol. The molecule has 2 heterocycles. The molecule has 0 saturated carbocycles. The summed E-state index contributed by atoms with van der Waals surface area (Å²) >= 11 is 6.06. The molecule has 1 aliphatic rings. The van der Waals surface area contributed by atoms with Gasteiger partial charge in [0.25, 0.3) is 0 Å². The van der Waals surface area contributed by atoms with Gasteiger partial charge in [-0.15, -0.1) is 0 Å². The van der Waals surface area contributed by atoms with Crippen LogP contribution in [-0.4, -0.2) is 48.3 Å². The van der Waals surface area contributed by atoms with Crippen molar-refractivity contribution in [3.05, 3.63) is 100 Å². The smallest absolute Gasteiger partial charge is 0.341 e. The van der Waals surface area contributed by atoms with E-state index in [-0.39, 0.29) is 40.6 Å². The molecule has 0 aliphatic heterocycles. The molecule has 56 heavy (non-hydrogen) atoms. The van der Waals surface area contributed by atoms with Gasteiger partial charge in [-0.1, -0.05) is 73.1 Å². The maximum atomic E-state index is 14.4. The number of aromatic nitrogens is 2. The second-order valence-corrected chi connectivity index (χ2v) is 16.3. The Morgan fingerprint density at radius 1 is 0.714 bits per heavy atom. The molecule has 0 atom stereocenters. The van der Waals surface area contributed by atoms with Gasteiger partial charge in [0, 0.05) is 23.3 Å². The molecule has 2 aromatic carbocycles. The number of pyridine rings is 2. The molecule has 300 valence electrons. The molecule has 0 saturated heterocycles. The van der Waals surface area contributed by atoms with E-state index in [1.807, 2.05) is 27.7 Å². The number of carbonyl (C=O) groups is 2. The molecular formula is C45H53ClF2N2O6. The van der Waals surface area contributed by atoms with Crippen molar-refractivity contribution in [1.82, 2.24) is 9.97 Å². The van der Waals surface area contributed by atoms with Gasteiger partial charge in [-0.05, 0) is 97.0 Å². The lowest BCUT2D eigenvalue weighted by Gasteiger charge is -2.26. The summed E-state index contributed by atoms with van der Waals surface area (Å²) in [7, 11) is 0. The van der Waals surface area contributed by atoms with Crippen LogP contribution in [0.4, 0.5) is 8.78 Å². The van der Waals surface area contributed by atoms with E-state index in [0.717, 1.165) is 12.0 Å². The fraction of sp³-hybridized carbons (Fsp3) is 0.422. The Morgan fingerprint density at radius 3 is 1.61 bits per heavy atom. The van der Waals surface area contributed by atoms with Gasteiger partial charge in [-0.25, -0.2) is 28.3 Å². The van der Waals surface area contributed by atoms with E-state index in [1.54, 1.807) is 44.2 Å². The first-order valence-electron chi connectivity index (χ1n) is 19.0. The monoisotopic (exact) mass is 790 g/mol. The fourth-order valence-electron chi connectivity index (χ4n) is 6.53. The van der Waals surface area contributed by atoms with Crippen molar-refractivity contribution in [1.29, 1.82) is 0 Å². The highest BCUT2D eigenvalue weighted by Crippen LogP contribution is 2.52. The summed E-state index contributed by atoms with van der Waals surface area (Å²) < 4.78 is 49.7. The standard InChI is InChI=1S/C27H34FNO3.C18H19ClFNO3/c1-8-31-25(30)21-9-10-23(18-11-19(28)13-20(12-18)32-15-17(2)3)29-24(21)22-14-26(4,5)16-27(22,6)7;1-4-23-18(22)15-5-6-16(21-17(15)19)12-7-13(20)9-14(8-12)24-10-11(2)3/h9-14,17H,8,15-16H2,1-7H3;5-9,11H,4,10H2,1-3H3. The zero-order valence-electron chi connectivity index (χ0n) is 34.0. The van der Waals surface area contributed by atoms with E-state index in [2.05, 4.69) is 38.8 Å². The molecule has 0 fully saturated rings. The number of halogens is 3. The van der Waals surface area contributed by atoms with Gasteiger partial charge in [-0.3, -0.25) is 0 Å². The number of allylic oxidation sites excluding steroid dienone is 2. The summed E-state index contributed by atoms with van der Waals surface area (Å²) in [6, 6.07) is 15.5. The highest BCUT2D eigenvalue weighted by atomic mass is 35.5. The maximum Gasteiger partial charge on any atom is 0.341 e. The van der Waals surface area contributed by atoms with Crippen molar-refractivity contribution < 1.29 is 37.3 Å². The van der Waals surface area contributed by atoms with Gasteiger partial charge < -0.3 is 18.9 Å². The number of carbonyl (C=O) groups excluding carboxylic acids is 2. The SMILES string of the molecule is CCOC(=O)c1ccc(-c2cc(F)cc(OCC(C)C)c2)nc1C1=CC(C)(C)CC1(C)C.CCOC(=O)c1ccc(-c2cc(F)cc(OCC(C)C)c2)nc1Cl. The summed E-state index contributed by atoms with van der Waals surface area (Å²) in [5.41, 5.74) is 4.21. The number of hydrogen-bond donors (Lipinski definition) is 0. The van der Waals surface area contributed by atoms with Gasteiger partial charge in [0.2, 0.25) is 0 Å². The van der Waals surface area contributed by atoms with Crippen LogP contribution in [0.5, 0.6) is 11.5 Å². The molecule has 0 N–H and O–H groups in total. The second kappa shape index (κ2) is 18.9. The van der Waals surface area contributed by atoms with Crippen LogP contribution in [0, 0.1) is 34.3 Å². The first-order valence-corrected chi connectivity index (χ1v) is 19.3. The van der Waals surface area contributed by atoms with E-state index in [0.29, 0.717) is 70.3 Å². The van der Waals surface area contributed by atoms with Crippen LogP contribution in [0.1, 0.15) is 102 Å². The lowest BCUT2D eigenvalue weighted by molar-refractivity contribution is 0.0516. The quantitative estimate of drug-likeness (QED) is 0.0975. The van der Waals surface area contributed by atoms with Gasteiger partial charge in [-0.2, -0.15) is 0 Å². The predicted molar refractivity (Wildman–Crippen MR) is 217 cm³/mol. The van der Waals surface area contributed by atoms with Crippen molar-refractivity contribution >= 4 is 29.1 Å². The van der Waals surface area contributed by atoms with Crippen LogP contribution in [-0.2, 0) is 9.47 Å². The van der Waals surface area contributed by atoms with Gasteiger partial charge in [0.05, 0.1) is 54.6 Å². The highest BCUT2D eigenvalue weighted by molar-refractivity contribution is 6.32. The number of benzene rings is 2. The Balaban J connectivity index is 0.000000259. The van der Waals surface area contributed by atoms with Crippen molar-refractivity contribution in [3.63, 3.8) is 0 Å². The minimum atomic E-state index is -0.540. The van der Waals surface area contributed by atoms with Crippen molar-refractivity contribution in [2.45, 2.75) is 75.7 Å². The average Bonchev–Trinajstić information content (AvgIpc) is 3.35. The van der Waals surface area contributed by atoms with Gasteiger partial charge >= 0.3 is 11.9 Å².